The van der Waals surface area contributed by atoms with Crippen molar-refractivity contribution in [1.29, 1.82) is 0 Å². The number of aryl methyl sites for hydroxylation is 1. The molecule has 26 heavy (non-hydrogen) atoms. The molecule has 4 rings (SSSR count). The molecule has 1 unspecified atom stereocenters. The Balaban J connectivity index is 1.46. The van der Waals surface area contributed by atoms with Gasteiger partial charge >= 0.3 is 0 Å². The number of benzene rings is 1. The van der Waals surface area contributed by atoms with E-state index in [0.717, 1.165) is 22.4 Å². The number of rotatable bonds is 3. The molecule has 8 nitrogen and oxygen atoms in total. The molecular formula is C18H21N7O. The first-order chi connectivity index (χ1) is 12.6. The van der Waals surface area contributed by atoms with Gasteiger partial charge in [-0.1, -0.05) is 30.3 Å². The van der Waals surface area contributed by atoms with Gasteiger partial charge in [0.15, 0.2) is 5.65 Å². The van der Waals surface area contributed by atoms with Gasteiger partial charge in [-0.3, -0.25) is 9.48 Å². The van der Waals surface area contributed by atoms with E-state index >= 15 is 0 Å². The van der Waals surface area contributed by atoms with E-state index < -0.39 is 6.04 Å². The van der Waals surface area contributed by atoms with Crippen LogP contribution in [-0.4, -0.2) is 56.7 Å². The minimum atomic E-state index is -0.619. The molecule has 8 heteroatoms. The molecule has 0 aliphatic carbocycles. The summed E-state index contributed by atoms with van der Waals surface area (Å²) in [4.78, 5) is 25.4. The fraction of sp³-hybridized carbons (Fsp3) is 0.333. The SMILES string of the molecule is Cn1ncc2c(N3CCN(C(=O)C(N)c4ccccc4)CC3)ncnc21. The van der Waals surface area contributed by atoms with E-state index in [9.17, 15) is 4.79 Å². The molecule has 0 spiro atoms. The van der Waals surface area contributed by atoms with Gasteiger partial charge in [0, 0.05) is 33.2 Å². The number of nitrogens with zero attached hydrogens (tertiary/aromatic N) is 6. The number of aromatic nitrogens is 4. The highest BCUT2D eigenvalue weighted by atomic mass is 16.2. The first-order valence-electron chi connectivity index (χ1n) is 8.62. The Hall–Kier alpha value is -3.00. The van der Waals surface area contributed by atoms with Crippen LogP contribution in [0.4, 0.5) is 5.82 Å². The Morgan fingerprint density at radius 2 is 1.85 bits per heavy atom. The lowest BCUT2D eigenvalue weighted by atomic mass is 10.1. The summed E-state index contributed by atoms with van der Waals surface area (Å²) in [6.07, 6.45) is 3.34. The molecule has 2 N–H and O–H groups in total. The number of amides is 1. The normalized spacial score (nSPS) is 16.1. The number of nitrogens with two attached hydrogens (primary N) is 1. The van der Waals surface area contributed by atoms with Crippen molar-refractivity contribution in [3.63, 3.8) is 0 Å². The lowest BCUT2D eigenvalue weighted by Crippen LogP contribution is -2.51. The molecule has 3 aromatic rings. The number of hydrogen-bond donors (Lipinski definition) is 1. The van der Waals surface area contributed by atoms with Crippen molar-refractivity contribution in [3.8, 4) is 0 Å². The van der Waals surface area contributed by atoms with Crippen LogP contribution in [0, 0.1) is 0 Å². The highest BCUT2D eigenvalue weighted by Crippen LogP contribution is 2.23. The van der Waals surface area contributed by atoms with Crippen molar-refractivity contribution in [2.24, 2.45) is 12.8 Å². The molecule has 1 atom stereocenters. The first-order valence-corrected chi connectivity index (χ1v) is 8.62. The molecule has 0 bridgehead atoms. The van der Waals surface area contributed by atoms with Crippen molar-refractivity contribution >= 4 is 22.8 Å². The minimum absolute atomic E-state index is 0.0370. The molecule has 3 heterocycles. The number of carbonyl (C=O) groups is 1. The zero-order valence-electron chi connectivity index (χ0n) is 14.6. The monoisotopic (exact) mass is 351 g/mol. The summed E-state index contributed by atoms with van der Waals surface area (Å²) in [5.41, 5.74) is 7.80. The molecule has 1 aliphatic heterocycles. The lowest BCUT2D eigenvalue weighted by molar-refractivity contribution is -0.133. The minimum Gasteiger partial charge on any atom is -0.352 e. The molecule has 0 saturated carbocycles. The Labute approximate surface area is 151 Å². The number of fused-ring (bicyclic) bond motifs is 1. The molecular weight excluding hydrogens is 330 g/mol. The van der Waals surface area contributed by atoms with E-state index in [0.29, 0.717) is 26.2 Å². The Morgan fingerprint density at radius 3 is 2.58 bits per heavy atom. The van der Waals surface area contributed by atoms with Crippen molar-refractivity contribution in [2.75, 3.05) is 31.1 Å². The fourth-order valence-electron chi connectivity index (χ4n) is 3.34. The van der Waals surface area contributed by atoms with Gasteiger partial charge in [-0.15, -0.1) is 0 Å². The lowest BCUT2D eigenvalue weighted by Gasteiger charge is -2.36. The number of carbonyl (C=O) groups excluding carboxylic acids is 1. The summed E-state index contributed by atoms with van der Waals surface area (Å²) >= 11 is 0. The van der Waals surface area contributed by atoms with Gasteiger partial charge in [-0.2, -0.15) is 5.10 Å². The molecule has 1 saturated heterocycles. The van der Waals surface area contributed by atoms with E-state index in [1.807, 2.05) is 42.3 Å². The Morgan fingerprint density at radius 1 is 1.12 bits per heavy atom. The van der Waals surface area contributed by atoms with Gasteiger partial charge in [-0.05, 0) is 5.56 Å². The van der Waals surface area contributed by atoms with Crippen LogP contribution in [0.15, 0.2) is 42.9 Å². The molecule has 1 amide bonds. The maximum absolute atomic E-state index is 12.7. The highest BCUT2D eigenvalue weighted by Gasteiger charge is 2.27. The van der Waals surface area contributed by atoms with Crippen LogP contribution in [0.5, 0.6) is 0 Å². The van der Waals surface area contributed by atoms with Gasteiger partial charge in [0.25, 0.3) is 0 Å². The largest absolute Gasteiger partial charge is 0.352 e. The van der Waals surface area contributed by atoms with E-state index in [1.54, 1.807) is 17.2 Å². The second kappa shape index (κ2) is 6.72. The highest BCUT2D eigenvalue weighted by molar-refractivity contribution is 5.87. The zero-order valence-corrected chi connectivity index (χ0v) is 14.6. The Kier molecular flexibility index (Phi) is 4.26. The third-order valence-electron chi connectivity index (χ3n) is 4.82. The number of hydrogen-bond acceptors (Lipinski definition) is 6. The summed E-state index contributed by atoms with van der Waals surface area (Å²) in [6.45, 7) is 2.64. The van der Waals surface area contributed by atoms with Crippen LogP contribution in [0.2, 0.25) is 0 Å². The summed E-state index contributed by atoms with van der Waals surface area (Å²) in [6, 6.07) is 8.87. The summed E-state index contributed by atoms with van der Waals surface area (Å²) in [5, 5.41) is 5.18. The average Bonchev–Trinajstić information content (AvgIpc) is 3.09. The third kappa shape index (κ3) is 2.88. The van der Waals surface area contributed by atoms with Gasteiger partial charge in [0.05, 0.1) is 11.6 Å². The second-order valence-electron chi connectivity index (χ2n) is 6.40. The summed E-state index contributed by atoms with van der Waals surface area (Å²) < 4.78 is 1.74. The van der Waals surface area contributed by atoms with Crippen LogP contribution in [-0.2, 0) is 11.8 Å². The van der Waals surface area contributed by atoms with Crippen LogP contribution in [0.3, 0.4) is 0 Å². The topological polar surface area (TPSA) is 93.2 Å². The molecule has 134 valence electrons. The van der Waals surface area contributed by atoms with Crippen LogP contribution >= 0.6 is 0 Å². The summed E-state index contributed by atoms with van der Waals surface area (Å²) in [7, 11) is 1.86. The van der Waals surface area contributed by atoms with Crippen molar-refractivity contribution in [2.45, 2.75) is 6.04 Å². The van der Waals surface area contributed by atoms with E-state index in [2.05, 4.69) is 20.0 Å². The first kappa shape index (κ1) is 16.5. The van der Waals surface area contributed by atoms with Crippen LogP contribution in [0.25, 0.3) is 11.0 Å². The predicted octanol–water partition coefficient (Wildman–Crippen LogP) is 0.712. The second-order valence-corrected chi connectivity index (χ2v) is 6.40. The van der Waals surface area contributed by atoms with Gasteiger partial charge in [-0.25, -0.2) is 9.97 Å². The van der Waals surface area contributed by atoms with Crippen LogP contribution < -0.4 is 10.6 Å². The van der Waals surface area contributed by atoms with E-state index in [-0.39, 0.29) is 5.91 Å². The van der Waals surface area contributed by atoms with E-state index in [4.69, 9.17) is 5.73 Å². The molecule has 2 aromatic heterocycles. The van der Waals surface area contributed by atoms with Gasteiger partial charge in [0.1, 0.15) is 18.2 Å². The number of anilines is 1. The quantitative estimate of drug-likeness (QED) is 0.747. The maximum Gasteiger partial charge on any atom is 0.244 e. The van der Waals surface area contributed by atoms with Crippen molar-refractivity contribution < 1.29 is 4.79 Å². The van der Waals surface area contributed by atoms with E-state index in [1.165, 1.54) is 0 Å². The zero-order chi connectivity index (χ0) is 18.1. The van der Waals surface area contributed by atoms with Crippen molar-refractivity contribution in [1.82, 2.24) is 24.6 Å². The van der Waals surface area contributed by atoms with Crippen LogP contribution in [0.1, 0.15) is 11.6 Å². The van der Waals surface area contributed by atoms with Gasteiger partial charge in [0.2, 0.25) is 5.91 Å². The maximum atomic E-state index is 12.7. The fourth-order valence-corrected chi connectivity index (χ4v) is 3.34. The average molecular weight is 351 g/mol. The number of piperazine rings is 1. The van der Waals surface area contributed by atoms with Crippen molar-refractivity contribution in [3.05, 3.63) is 48.4 Å². The predicted molar refractivity (Wildman–Crippen MR) is 98.5 cm³/mol. The third-order valence-corrected chi connectivity index (χ3v) is 4.82. The summed E-state index contributed by atoms with van der Waals surface area (Å²) in [5.74, 6) is 0.826. The molecule has 0 radical (unpaired) electrons. The smallest absolute Gasteiger partial charge is 0.244 e. The standard InChI is InChI=1S/C18H21N7O/c1-23-16-14(11-22-23)17(21-12-20-16)24-7-9-25(10-8-24)18(26)15(19)13-5-3-2-4-6-13/h2-6,11-12,15H,7-10,19H2,1H3. The van der Waals surface area contributed by atoms with Gasteiger partial charge < -0.3 is 15.5 Å². The molecule has 1 aliphatic rings. The molecule has 1 fully saturated rings. The molecule has 1 aromatic carbocycles. The Bertz CT molecular complexity index is 916.